The van der Waals surface area contributed by atoms with Crippen LogP contribution in [0.25, 0.3) is 0 Å². The van der Waals surface area contributed by atoms with Crippen LogP contribution in [-0.2, 0) is 24.7 Å². The van der Waals surface area contributed by atoms with Crippen LogP contribution in [0.15, 0.2) is 60.7 Å². The maximum absolute atomic E-state index is 13.5. The van der Waals surface area contributed by atoms with Gasteiger partial charge in [0.1, 0.15) is 0 Å². The van der Waals surface area contributed by atoms with E-state index in [1.807, 2.05) is 62.4 Å². The topological polar surface area (TPSA) is 54.0 Å². The minimum Gasteiger partial charge on any atom is -0.379 e. The van der Waals surface area contributed by atoms with Gasteiger partial charge in [-0.3, -0.25) is 4.79 Å². The molecule has 5 nitrogen and oxygen atoms in total. The maximum Gasteiger partial charge on any atom is 0.261 e. The predicted molar refractivity (Wildman–Crippen MR) is 104 cm³/mol. The zero-order valence-corrected chi connectivity index (χ0v) is 16.1. The molecule has 0 unspecified atom stereocenters. The van der Waals surface area contributed by atoms with Crippen molar-refractivity contribution >= 4 is 5.78 Å². The van der Waals surface area contributed by atoms with Crippen molar-refractivity contribution in [2.24, 2.45) is 0 Å². The minimum atomic E-state index is -1.54. The van der Waals surface area contributed by atoms with Crippen molar-refractivity contribution in [3.8, 4) is 0 Å². The van der Waals surface area contributed by atoms with E-state index in [9.17, 15) is 4.79 Å². The zero-order valence-electron chi connectivity index (χ0n) is 16.1. The lowest BCUT2D eigenvalue weighted by molar-refractivity contribution is -0.219. The van der Waals surface area contributed by atoms with Gasteiger partial charge in [-0.1, -0.05) is 60.7 Å². The summed E-state index contributed by atoms with van der Waals surface area (Å²) in [4.78, 5) is 13.5. The molecule has 0 aromatic heterocycles. The molecule has 0 bridgehead atoms. The summed E-state index contributed by atoms with van der Waals surface area (Å²) in [5.74, 6) is -1.79. The molecule has 0 aliphatic carbocycles. The monoisotopic (exact) mass is 372 g/mol. The number of carbonyl (C=O) groups is 1. The molecule has 0 spiro atoms. The van der Waals surface area contributed by atoms with Gasteiger partial charge in [-0.05, 0) is 13.8 Å². The third-order valence-corrected chi connectivity index (χ3v) is 3.96. The molecule has 2 rings (SSSR count). The molecule has 0 aliphatic heterocycles. The minimum absolute atomic E-state index is 0.232. The van der Waals surface area contributed by atoms with Crippen molar-refractivity contribution in [2.75, 3.05) is 39.6 Å². The molecule has 2 aromatic carbocycles. The first-order valence-corrected chi connectivity index (χ1v) is 9.33. The molecule has 0 saturated carbocycles. The van der Waals surface area contributed by atoms with E-state index in [1.54, 1.807) is 12.1 Å². The van der Waals surface area contributed by atoms with Crippen LogP contribution in [0.2, 0.25) is 0 Å². The highest BCUT2D eigenvalue weighted by Crippen LogP contribution is 2.32. The van der Waals surface area contributed by atoms with E-state index >= 15 is 0 Å². The molecule has 0 N–H and O–H groups in total. The number of rotatable bonds is 13. The van der Waals surface area contributed by atoms with Crippen LogP contribution in [0, 0.1) is 0 Å². The number of ketones is 1. The molecule has 0 radical (unpaired) electrons. The van der Waals surface area contributed by atoms with E-state index in [0.29, 0.717) is 37.6 Å². The Balaban J connectivity index is 2.35. The molecule has 0 fully saturated rings. The van der Waals surface area contributed by atoms with E-state index in [1.165, 1.54) is 0 Å². The van der Waals surface area contributed by atoms with Gasteiger partial charge < -0.3 is 18.9 Å². The van der Waals surface area contributed by atoms with Crippen molar-refractivity contribution in [3.63, 3.8) is 0 Å². The highest BCUT2D eigenvalue weighted by atomic mass is 16.7. The Hall–Kier alpha value is -2.05. The van der Waals surface area contributed by atoms with Gasteiger partial charge in [0.25, 0.3) is 5.79 Å². The zero-order chi connectivity index (χ0) is 19.4. The van der Waals surface area contributed by atoms with E-state index in [2.05, 4.69) is 0 Å². The van der Waals surface area contributed by atoms with Crippen LogP contribution in [-0.4, -0.2) is 45.4 Å². The fourth-order valence-electron chi connectivity index (χ4n) is 2.68. The van der Waals surface area contributed by atoms with Crippen molar-refractivity contribution in [1.29, 1.82) is 0 Å². The van der Waals surface area contributed by atoms with Crippen LogP contribution in [0.3, 0.4) is 0 Å². The second-order valence-electron chi connectivity index (χ2n) is 5.77. The Morgan fingerprint density at radius 3 is 1.70 bits per heavy atom. The number of hydrogen-bond acceptors (Lipinski definition) is 5. The Labute approximate surface area is 161 Å². The molecule has 0 aliphatic rings. The molecule has 2 aromatic rings. The van der Waals surface area contributed by atoms with Crippen LogP contribution >= 0.6 is 0 Å². The van der Waals surface area contributed by atoms with E-state index < -0.39 is 5.79 Å². The Bertz CT molecular complexity index is 645. The second kappa shape index (κ2) is 11.6. The van der Waals surface area contributed by atoms with Crippen LogP contribution < -0.4 is 0 Å². The average Bonchev–Trinajstić information content (AvgIpc) is 2.73. The van der Waals surface area contributed by atoms with E-state index in [0.717, 1.165) is 0 Å². The standard InChI is InChI=1S/C22H28O5/c1-3-24-15-17-26-22(27-18-16-25-4-2,20-13-9-6-10-14-20)21(23)19-11-7-5-8-12-19/h5-14H,3-4,15-18H2,1-2H3. The summed E-state index contributed by atoms with van der Waals surface area (Å²) >= 11 is 0. The molecule has 0 atom stereocenters. The summed E-state index contributed by atoms with van der Waals surface area (Å²) in [5.41, 5.74) is 1.17. The third kappa shape index (κ3) is 5.97. The quantitative estimate of drug-likeness (QED) is 0.304. The molecule has 0 amide bonds. The van der Waals surface area contributed by atoms with Gasteiger partial charge >= 0.3 is 0 Å². The van der Waals surface area contributed by atoms with Crippen LogP contribution in [0.1, 0.15) is 29.8 Å². The largest absolute Gasteiger partial charge is 0.379 e. The highest BCUT2D eigenvalue weighted by Gasteiger charge is 2.43. The van der Waals surface area contributed by atoms with Gasteiger partial charge in [-0.25, -0.2) is 0 Å². The number of hydrogen-bond donors (Lipinski definition) is 0. The lowest BCUT2D eigenvalue weighted by Crippen LogP contribution is -2.43. The summed E-state index contributed by atoms with van der Waals surface area (Å²) in [6.07, 6.45) is 0. The highest BCUT2D eigenvalue weighted by molar-refractivity contribution is 6.02. The SMILES string of the molecule is CCOCCOC(OCCOCC)(C(=O)c1ccccc1)c1ccccc1. The van der Waals surface area contributed by atoms with Crippen LogP contribution in [0.5, 0.6) is 0 Å². The number of Topliss-reactive ketones (excluding diaryl/α,β-unsaturated/α-hetero) is 1. The summed E-state index contributed by atoms with van der Waals surface area (Å²) in [7, 11) is 0. The molecular weight excluding hydrogens is 344 g/mol. The summed E-state index contributed by atoms with van der Waals surface area (Å²) in [5, 5.41) is 0. The molecule has 0 saturated heterocycles. The Kier molecular flexibility index (Phi) is 9.15. The number of ether oxygens (including phenoxy) is 4. The predicted octanol–water partition coefficient (Wildman–Crippen LogP) is 3.83. The van der Waals surface area contributed by atoms with Gasteiger partial charge in [-0.2, -0.15) is 0 Å². The van der Waals surface area contributed by atoms with Gasteiger partial charge in [-0.15, -0.1) is 0 Å². The number of carbonyl (C=O) groups excluding carboxylic acids is 1. The normalized spacial score (nSPS) is 11.5. The van der Waals surface area contributed by atoms with Crippen molar-refractivity contribution in [2.45, 2.75) is 19.6 Å². The van der Waals surface area contributed by atoms with Gasteiger partial charge in [0, 0.05) is 24.3 Å². The Morgan fingerprint density at radius 2 is 1.22 bits per heavy atom. The first-order chi connectivity index (χ1) is 13.2. The van der Waals surface area contributed by atoms with Crippen LogP contribution in [0.4, 0.5) is 0 Å². The fourth-order valence-corrected chi connectivity index (χ4v) is 2.68. The second-order valence-corrected chi connectivity index (χ2v) is 5.77. The maximum atomic E-state index is 13.5. The number of benzene rings is 2. The van der Waals surface area contributed by atoms with Gasteiger partial charge in [0.05, 0.1) is 26.4 Å². The van der Waals surface area contributed by atoms with Gasteiger partial charge in [0.15, 0.2) is 0 Å². The molecule has 0 heterocycles. The van der Waals surface area contributed by atoms with E-state index in [-0.39, 0.29) is 19.0 Å². The average molecular weight is 372 g/mol. The molecular formula is C22H28O5. The van der Waals surface area contributed by atoms with E-state index in [4.69, 9.17) is 18.9 Å². The van der Waals surface area contributed by atoms with Crippen molar-refractivity contribution in [3.05, 3.63) is 71.8 Å². The smallest absolute Gasteiger partial charge is 0.261 e. The molecule has 27 heavy (non-hydrogen) atoms. The summed E-state index contributed by atoms with van der Waals surface area (Å²) in [6, 6.07) is 18.3. The third-order valence-electron chi connectivity index (χ3n) is 3.96. The Morgan fingerprint density at radius 1 is 0.741 bits per heavy atom. The first kappa shape index (κ1) is 21.3. The van der Waals surface area contributed by atoms with Crippen molar-refractivity contribution in [1.82, 2.24) is 0 Å². The first-order valence-electron chi connectivity index (χ1n) is 9.33. The summed E-state index contributed by atoms with van der Waals surface area (Å²) < 4.78 is 22.9. The van der Waals surface area contributed by atoms with Gasteiger partial charge in [0.2, 0.25) is 5.78 Å². The van der Waals surface area contributed by atoms with Crippen molar-refractivity contribution < 1.29 is 23.7 Å². The molecule has 5 heteroatoms. The fraction of sp³-hybridized carbons (Fsp3) is 0.409. The lowest BCUT2D eigenvalue weighted by Gasteiger charge is -2.33. The lowest BCUT2D eigenvalue weighted by atomic mass is 9.95. The molecule has 146 valence electrons. The summed E-state index contributed by atoms with van der Waals surface area (Å²) in [6.45, 7) is 6.21.